The number of carbonyl (C=O) groups is 5. The summed E-state index contributed by atoms with van der Waals surface area (Å²) in [7, 11) is 1.17. The number of pyridine rings is 1. The highest BCUT2D eigenvalue weighted by molar-refractivity contribution is 5.94. The molecular formula is C22H29N5O7. The molecule has 2 aliphatic rings. The maximum Gasteiger partial charge on any atom is 0.323 e. The number of piperazine rings is 2. The minimum absolute atomic E-state index is 0.0170. The molecular weight excluding hydrogens is 446 g/mol. The van der Waals surface area contributed by atoms with E-state index in [1.54, 1.807) is 11.1 Å². The van der Waals surface area contributed by atoms with E-state index >= 15 is 0 Å². The topological polar surface area (TPSA) is 141 Å². The zero-order valence-electron chi connectivity index (χ0n) is 19.1. The highest BCUT2D eigenvalue weighted by Gasteiger charge is 2.39. The first kappa shape index (κ1) is 24.9. The number of aromatic nitrogens is 1. The number of hydrogen-bond donors (Lipinski definition) is 1. The number of anilines is 1. The predicted octanol–water partition coefficient (Wildman–Crippen LogP) is -0.802. The normalized spacial score (nSPS) is 18.6. The minimum Gasteiger partial charge on any atom is -0.480 e. The number of ether oxygens (including phenoxy) is 1. The molecule has 1 N–H and O–H groups in total. The van der Waals surface area contributed by atoms with Crippen LogP contribution in [0.25, 0.3) is 0 Å². The first-order valence-corrected chi connectivity index (χ1v) is 11.1. The lowest BCUT2D eigenvalue weighted by molar-refractivity contribution is -0.159. The quantitative estimate of drug-likeness (QED) is 0.478. The highest BCUT2D eigenvalue weighted by Crippen LogP contribution is 2.18. The molecule has 2 fully saturated rings. The van der Waals surface area contributed by atoms with Crippen molar-refractivity contribution in [3.8, 4) is 0 Å². The van der Waals surface area contributed by atoms with E-state index in [2.05, 4.69) is 14.6 Å². The third kappa shape index (κ3) is 6.21. The van der Waals surface area contributed by atoms with Crippen LogP contribution in [0.1, 0.15) is 19.3 Å². The van der Waals surface area contributed by atoms with Gasteiger partial charge in [0, 0.05) is 58.3 Å². The second-order valence-electron chi connectivity index (χ2n) is 8.09. The Kier molecular flexibility index (Phi) is 8.39. The Morgan fingerprint density at radius 3 is 2.35 bits per heavy atom. The third-order valence-corrected chi connectivity index (χ3v) is 5.98. The number of rotatable bonds is 8. The molecule has 12 nitrogen and oxygen atoms in total. The number of carbonyl (C=O) groups excluding carboxylic acids is 4. The summed E-state index contributed by atoms with van der Waals surface area (Å²) in [5.41, 5.74) is 0. The molecule has 3 heterocycles. The van der Waals surface area contributed by atoms with Gasteiger partial charge in [-0.2, -0.15) is 0 Å². The zero-order valence-corrected chi connectivity index (χ0v) is 19.1. The second kappa shape index (κ2) is 11.4. The predicted molar refractivity (Wildman–Crippen MR) is 119 cm³/mol. The van der Waals surface area contributed by atoms with Crippen molar-refractivity contribution in [3.63, 3.8) is 0 Å². The van der Waals surface area contributed by atoms with Gasteiger partial charge < -0.3 is 29.4 Å². The van der Waals surface area contributed by atoms with Gasteiger partial charge in [0.1, 0.15) is 18.4 Å². The van der Waals surface area contributed by atoms with Crippen LogP contribution in [0, 0.1) is 0 Å². The van der Waals surface area contributed by atoms with Crippen LogP contribution in [0.5, 0.6) is 0 Å². The maximum absolute atomic E-state index is 12.9. The maximum atomic E-state index is 12.9. The van der Waals surface area contributed by atoms with Crippen LogP contribution < -0.4 is 4.90 Å². The first-order valence-electron chi connectivity index (χ1n) is 11.1. The molecule has 0 saturated carbocycles. The molecule has 0 aromatic carbocycles. The summed E-state index contributed by atoms with van der Waals surface area (Å²) in [4.78, 5) is 71.6. The molecule has 12 heteroatoms. The summed E-state index contributed by atoms with van der Waals surface area (Å²) in [6.07, 6.45) is 1.22. The molecule has 34 heavy (non-hydrogen) atoms. The molecule has 184 valence electrons. The standard InChI is InChI=1S/C22H29N5O7/c1-34-21(32)14-16-22(33)26(15-20(30)31)12-13-27(16)19(29)6-5-18(28)25-10-8-24(9-11-25)17-4-2-3-7-23-17/h2-4,7,16H,5-6,8-15H2,1H3,(H,30,31). The number of carboxylic acid groups (broad SMARTS) is 1. The van der Waals surface area contributed by atoms with Gasteiger partial charge in [-0.1, -0.05) is 6.07 Å². The molecule has 1 atom stereocenters. The van der Waals surface area contributed by atoms with Gasteiger partial charge in [0.2, 0.25) is 17.7 Å². The molecule has 0 radical (unpaired) electrons. The number of amides is 3. The van der Waals surface area contributed by atoms with E-state index in [-0.39, 0.29) is 38.3 Å². The molecule has 3 rings (SSSR count). The Bertz CT molecular complexity index is 917. The van der Waals surface area contributed by atoms with Crippen molar-refractivity contribution in [1.29, 1.82) is 0 Å². The Hall–Kier alpha value is -3.70. The van der Waals surface area contributed by atoms with Gasteiger partial charge in [-0.05, 0) is 12.1 Å². The summed E-state index contributed by atoms with van der Waals surface area (Å²) in [5.74, 6) is -2.22. The summed E-state index contributed by atoms with van der Waals surface area (Å²) in [6, 6.07) is 4.52. The fourth-order valence-corrected chi connectivity index (χ4v) is 4.14. The molecule has 1 aromatic rings. The SMILES string of the molecule is COC(=O)CC1C(=O)N(CC(=O)O)CCN1C(=O)CCC(=O)N1CCN(c2ccccn2)CC1. The van der Waals surface area contributed by atoms with Gasteiger partial charge in [0.15, 0.2) is 0 Å². The Balaban J connectivity index is 1.54. The van der Waals surface area contributed by atoms with Crippen LogP contribution in [-0.2, 0) is 28.7 Å². The van der Waals surface area contributed by atoms with Crippen LogP contribution in [0.15, 0.2) is 24.4 Å². The van der Waals surface area contributed by atoms with E-state index < -0.39 is 36.3 Å². The number of esters is 1. The van der Waals surface area contributed by atoms with E-state index in [9.17, 15) is 24.0 Å². The Morgan fingerprint density at radius 2 is 1.74 bits per heavy atom. The Labute approximate surface area is 197 Å². The number of methoxy groups -OCH3 is 1. The van der Waals surface area contributed by atoms with Crippen LogP contribution in [0.4, 0.5) is 5.82 Å². The highest BCUT2D eigenvalue weighted by atomic mass is 16.5. The average Bonchev–Trinajstić information content (AvgIpc) is 2.85. The van der Waals surface area contributed by atoms with E-state index in [1.165, 1.54) is 12.0 Å². The van der Waals surface area contributed by atoms with Crippen molar-refractivity contribution in [3.05, 3.63) is 24.4 Å². The van der Waals surface area contributed by atoms with Gasteiger partial charge in [-0.15, -0.1) is 0 Å². The van der Waals surface area contributed by atoms with Crippen molar-refractivity contribution >= 4 is 35.5 Å². The van der Waals surface area contributed by atoms with Gasteiger partial charge >= 0.3 is 11.9 Å². The summed E-state index contributed by atoms with van der Waals surface area (Å²) < 4.78 is 4.63. The second-order valence-corrected chi connectivity index (χ2v) is 8.09. The monoisotopic (exact) mass is 475 g/mol. The average molecular weight is 476 g/mol. The largest absolute Gasteiger partial charge is 0.480 e. The van der Waals surface area contributed by atoms with Crippen molar-refractivity contribution < 1.29 is 33.8 Å². The van der Waals surface area contributed by atoms with Crippen LogP contribution in [0.2, 0.25) is 0 Å². The lowest BCUT2D eigenvalue weighted by Gasteiger charge is -2.40. The van der Waals surface area contributed by atoms with Crippen LogP contribution >= 0.6 is 0 Å². The first-order chi connectivity index (χ1) is 16.3. The van der Waals surface area contributed by atoms with E-state index in [0.717, 1.165) is 10.7 Å². The van der Waals surface area contributed by atoms with Crippen LogP contribution in [-0.4, -0.2) is 113 Å². The van der Waals surface area contributed by atoms with Gasteiger partial charge in [0.25, 0.3) is 0 Å². The molecule has 0 aliphatic carbocycles. The van der Waals surface area contributed by atoms with Gasteiger partial charge in [-0.25, -0.2) is 4.98 Å². The minimum atomic E-state index is -1.18. The fraction of sp³-hybridized carbons (Fsp3) is 0.545. The van der Waals surface area contributed by atoms with Gasteiger partial charge in [-0.3, -0.25) is 24.0 Å². The molecule has 2 aliphatic heterocycles. The summed E-state index contributed by atoms with van der Waals surface area (Å²) in [5, 5.41) is 9.01. The summed E-state index contributed by atoms with van der Waals surface area (Å²) >= 11 is 0. The number of carboxylic acids is 1. The molecule has 0 bridgehead atoms. The van der Waals surface area contributed by atoms with Crippen molar-refractivity contribution in [2.75, 3.05) is 57.8 Å². The van der Waals surface area contributed by atoms with Crippen LogP contribution in [0.3, 0.4) is 0 Å². The van der Waals surface area contributed by atoms with E-state index in [0.29, 0.717) is 26.2 Å². The van der Waals surface area contributed by atoms with E-state index in [1.807, 2.05) is 18.2 Å². The number of nitrogens with zero attached hydrogens (tertiary/aromatic N) is 5. The lowest BCUT2D eigenvalue weighted by Crippen LogP contribution is -2.60. The van der Waals surface area contributed by atoms with Crippen molar-refractivity contribution in [2.24, 2.45) is 0 Å². The molecule has 2 saturated heterocycles. The van der Waals surface area contributed by atoms with Crippen molar-refractivity contribution in [2.45, 2.75) is 25.3 Å². The Morgan fingerprint density at radius 1 is 1.03 bits per heavy atom. The molecule has 3 amide bonds. The van der Waals surface area contributed by atoms with Crippen molar-refractivity contribution in [1.82, 2.24) is 19.7 Å². The fourth-order valence-electron chi connectivity index (χ4n) is 4.14. The molecule has 0 spiro atoms. The smallest absolute Gasteiger partial charge is 0.323 e. The zero-order chi connectivity index (χ0) is 24.7. The van der Waals surface area contributed by atoms with Gasteiger partial charge in [0.05, 0.1) is 13.5 Å². The number of hydrogen-bond acceptors (Lipinski definition) is 8. The molecule has 1 aromatic heterocycles. The summed E-state index contributed by atoms with van der Waals surface area (Å²) in [6.45, 7) is 1.91. The lowest BCUT2D eigenvalue weighted by atomic mass is 10.1. The number of aliphatic carboxylic acids is 1. The molecule has 1 unspecified atom stereocenters. The van der Waals surface area contributed by atoms with E-state index in [4.69, 9.17) is 5.11 Å². The third-order valence-electron chi connectivity index (χ3n) is 5.98.